The zero-order valence-corrected chi connectivity index (χ0v) is 10.8. The third-order valence-electron chi connectivity index (χ3n) is 2.50. The molecule has 0 unspecified atom stereocenters. The minimum Gasteiger partial charge on any atom is -0.366 e. The summed E-state index contributed by atoms with van der Waals surface area (Å²) in [6.45, 7) is 4.07. The van der Waals surface area contributed by atoms with Gasteiger partial charge in [0.25, 0.3) is 0 Å². The van der Waals surface area contributed by atoms with E-state index >= 15 is 0 Å². The predicted octanol–water partition coefficient (Wildman–Crippen LogP) is 1.75. The molecule has 2 rings (SSSR count). The first kappa shape index (κ1) is 13.3. The van der Waals surface area contributed by atoms with Crippen LogP contribution in [0.2, 0.25) is 0 Å². The second-order valence-electron chi connectivity index (χ2n) is 4.04. The summed E-state index contributed by atoms with van der Waals surface area (Å²) in [6, 6.07) is 0. The Morgan fingerprint density at radius 3 is 2.95 bits per heavy atom. The van der Waals surface area contributed by atoms with Crippen LogP contribution in [-0.2, 0) is 6.54 Å². The molecule has 0 aliphatic heterocycles. The summed E-state index contributed by atoms with van der Waals surface area (Å²) in [4.78, 5) is 11.9. The van der Waals surface area contributed by atoms with Crippen molar-refractivity contribution in [1.82, 2.24) is 19.5 Å². The molecule has 19 heavy (non-hydrogen) atoms. The van der Waals surface area contributed by atoms with Crippen LogP contribution in [0.15, 0.2) is 24.9 Å². The van der Waals surface area contributed by atoms with E-state index in [0.717, 1.165) is 13.0 Å². The SMILES string of the molecule is CCCNc1ncc(F)c(NCCn2ccnc2)n1. The lowest BCUT2D eigenvalue weighted by Crippen LogP contribution is -2.13. The van der Waals surface area contributed by atoms with E-state index in [2.05, 4.69) is 25.6 Å². The van der Waals surface area contributed by atoms with Crippen LogP contribution in [0.4, 0.5) is 16.2 Å². The fourth-order valence-electron chi connectivity index (χ4n) is 1.54. The largest absolute Gasteiger partial charge is 0.366 e. The normalized spacial score (nSPS) is 10.4. The van der Waals surface area contributed by atoms with Crippen molar-refractivity contribution in [2.24, 2.45) is 0 Å². The lowest BCUT2D eigenvalue weighted by molar-refractivity contribution is 0.614. The number of aromatic nitrogens is 4. The molecule has 0 saturated heterocycles. The summed E-state index contributed by atoms with van der Waals surface area (Å²) in [5.41, 5.74) is 0. The molecule has 0 aromatic carbocycles. The number of nitrogens with zero attached hydrogens (tertiary/aromatic N) is 4. The summed E-state index contributed by atoms with van der Waals surface area (Å²) >= 11 is 0. The van der Waals surface area contributed by atoms with Gasteiger partial charge >= 0.3 is 0 Å². The molecule has 2 heterocycles. The average molecular weight is 264 g/mol. The minimum absolute atomic E-state index is 0.216. The molecular weight excluding hydrogens is 247 g/mol. The summed E-state index contributed by atoms with van der Waals surface area (Å²) in [7, 11) is 0. The van der Waals surface area contributed by atoms with Crippen molar-refractivity contribution < 1.29 is 4.39 Å². The van der Waals surface area contributed by atoms with Gasteiger partial charge in [-0.2, -0.15) is 4.98 Å². The number of anilines is 2. The van der Waals surface area contributed by atoms with Gasteiger partial charge in [0.2, 0.25) is 5.95 Å². The molecule has 0 aliphatic carbocycles. The molecule has 0 spiro atoms. The molecule has 0 amide bonds. The molecule has 2 N–H and O–H groups in total. The van der Waals surface area contributed by atoms with Crippen molar-refractivity contribution in [2.75, 3.05) is 23.7 Å². The van der Waals surface area contributed by atoms with Gasteiger partial charge in [0.1, 0.15) is 0 Å². The van der Waals surface area contributed by atoms with E-state index in [-0.39, 0.29) is 5.82 Å². The second kappa shape index (κ2) is 6.67. The van der Waals surface area contributed by atoms with Crippen molar-refractivity contribution in [3.05, 3.63) is 30.7 Å². The molecule has 0 bridgehead atoms. The second-order valence-corrected chi connectivity index (χ2v) is 4.04. The van der Waals surface area contributed by atoms with Gasteiger partial charge in [0, 0.05) is 32.0 Å². The van der Waals surface area contributed by atoms with E-state index in [9.17, 15) is 4.39 Å². The van der Waals surface area contributed by atoms with E-state index in [4.69, 9.17) is 0 Å². The van der Waals surface area contributed by atoms with Crippen molar-refractivity contribution >= 4 is 11.8 Å². The Morgan fingerprint density at radius 1 is 1.32 bits per heavy atom. The molecule has 0 aliphatic rings. The number of hydrogen-bond acceptors (Lipinski definition) is 5. The minimum atomic E-state index is -0.451. The number of rotatable bonds is 7. The van der Waals surface area contributed by atoms with Gasteiger partial charge in [-0.15, -0.1) is 0 Å². The molecule has 0 radical (unpaired) electrons. The number of nitrogens with one attached hydrogen (secondary N) is 2. The zero-order valence-electron chi connectivity index (χ0n) is 10.8. The highest BCUT2D eigenvalue weighted by Gasteiger charge is 2.05. The summed E-state index contributed by atoms with van der Waals surface area (Å²) < 4.78 is 15.4. The standard InChI is InChI=1S/C12H17FN6/c1-2-3-16-12-17-8-10(13)11(18-12)15-5-7-19-6-4-14-9-19/h4,6,8-9H,2-3,5,7H2,1H3,(H2,15,16,17,18). The van der Waals surface area contributed by atoms with Crippen LogP contribution in [0.5, 0.6) is 0 Å². The highest BCUT2D eigenvalue weighted by Crippen LogP contribution is 2.11. The van der Waals surface area contributed by atoms with Gasteiger partial charge in [-0.05, 0) is 6.42 Å². The Morgan fingerprint density at radius 2 is 2.21 bits per heavy atom. The van der Waals surface area contributed by atoms with E-state index in [0.29, 0.717) is 19.0 Å². The van der Waals surface area contributed by atoms with E-state index in [1.54, 1.807) is 12.5 Å². The highest BCUT2D eigenvalue weighted by molar-refractivity contribution is 5.40. The van der Waals surface area contributed by atoms with Crippen LogP contribution in [-0.4, -0.2) is 32.6 Å². The summed E-state index contributed by atoms with van der Waals surface area (Å²) in [6.07, 6.45) is 7.41. The Labute approximate surface area is 111 Å². The lowest BCUT2D eigenvalue weighted by atomic mass is 10.5. The molecule has 0 saturated carbocycles. The van der Waals surface area contributed by atoms with E-state index in [1.807, 2.05) is 17.7 Å². The molecule has 102 valence electrons. The maximum atomic E-state index is 13.5. The molecule has 2 aromatic rings. The van der Waals surface area contributed by atoms with Crippen molar-refractivity contribution in [3.8, 4) is 0 Å². The predicted molar refractivity (Wildman–Crippen MR) is 71.5 cm³/mol. The first-order chi connectivity index (χ1) is 9.29. The van der Waals surface area contributed by atoms with Gasteiger partial charge in [-0.1, -0.05) is 6.92 Å². The Hall–Kier alpha value is -2.18. The third kappa shape index (κ3) is 3.90. The maximum Gasteiger partial charge on any atom is 0.224 e. The highest BCUT2D eigenvalue weighted by atomic mass is 19.1. The van der Waals surface area contributed by atoms with E-state index in [1.165, 1.54) is 6.20 Å². The average Bonchev–Trinajstić information content (AvgIpc) is 2.92. The first-order valence-electron chi connectivity index (χ1n) is 6.25. The van der Waals surface area contributed by atoms with Gasteiger partial charge < -0.3 is 15.2 Å². The monoisotopic (exact) mass is 264 g/mol. The zero-order chi connectivity index (χ0) is 13.5. The van der Waals surface area contributed by atoms with E-state index < -0.39 is 5.82 Å². The lowest BCUT2D eigenvalue weighted by Gasteiger charge is -2.09. The molecule has 2 aromatic heterocycles. The Kier molecular flexibility index (Phi) is 4.66. The van der Waals surface area contributed by atoms with Crippen LogP contribution in [0.25, 0.3) is 0 Å². The molecular formula is C12H17FN6. The van der Waals surface area contributed by atoms with Gasteiger partial charge in [0.15, 0.2) is 11.6 Å². The van der Waals surface area contributed by atoms with Crippen molar-refractivity contribution in [1.29, 1.82) is 0 Å². The smallest absolute Gasteiger partial charge is 0.224 e. The molecule has 0 fully saturated rings. The van der Waals surface area contributed by atoms with Crippen LogP contribution in [0, 0.1) is 5.82 Å². The number of hydrogen-bond donors (Lipinski definition) is 2. The maximum absolute atomic E-state index is 13.5. The van der Waals surface area contributed by atoms with Crippen LogP contribution >= 0.6 is 0 Å². The van der Waals surface area contributed by atoms with Gasteiger partial charge in [-0.25, -0.2) is 14.4 Å². The number of imidazole rings is 1. The van der Waals surface area contributed by atoms with Crippen LogP contribution in [0.3, 0.4) is 0 Å². The van der Waals surface area contributed by atoms with Crippen molar-refractivity contribution in [2.45, 2.75) is 19.9 Å². The van der Waals surface area contributed by atoms with Gasteiger partial charge in [0.05, 0.1) is 12.5 Å². The topological polar surface area (TPSA) is 67.7 Å². The van der Waals surface area contributed by atoms with Crippen LogP contribution in [0.1, 0.15) is 13.3 Å². The summed E-state index contributed by atoms with van der Waals surface area (Å²) in [5, 5.41) is 5.98. The molecule has 6 nitrogen and oxygen atoms in total. The first-order valence-corrected chi connectivity index (χ1v) is 6.25. The fraction of sp³-hybridized carbons (Fsp3) is 0.417. The van der Waals surface area contributed by atoms with Crippen molar-refractivity contribution in [3.63, 3.8) is 0 Å². The number of halogens is 1. The third-order valence-corrected chi connectivity index (χ3v) is 2.50. The Bertz CT molecular complexity index is 499. The molecule has 0 atom stereocenters. The molecule has 7 heteroatoms. The quantitative estimate of drug-likeness (QED) is 0.797. The fourth-order valence-corrected chi connectivity index (χ4v) is 1.54. The van der Waals surface area contributed by atoms with Gasteiger partial charge in [-0.3, -0.25) is 0 Å². The summed E-state index contributed by atoms with van der Waals surface area (Å²) in [5.74, 6) is 0.203. The Balaban J connectivity index is 1.90. The van der Waals surface area contributed by atoms with Crippen LogP contribution < -0.4 is 10.6 Å².